The zero-order valence-corrected chi connectivity index (χ0v) is 10.4. The standard InChI is InChI=1S/C12H22N2O3/c1-13-7-6-11(15)14-8-9-4-2-3-5-10(9)12(16)17/h9-10,13H,2-8H2,1H3,(H,14,15)(H,16,17). The maximum Gasteiger partial charge on any atom is 0.306 e. The van der Waals surface area contributed by atoms with Gasteiger partial charge in [0.2, 0.25) is 5.91 Å². The van der Waals surface area contributed by atoms with Gasteiger partial charge in [-0.25, -0.2) is 0 Å². The van der Waals surface area contributed by atoms with Gasteiger partial charge in [-0.3, -0.25) is 9.59 Å². The van der Waals surface area contributed by atoms with E-state index in [9.17, 15) is 9.59 Å². The molecular formula is C12H22N2O3. The van der Waals surface area contributed by atoms with E-state index in [1.807, 2.05) is 0 Å². The van der Waals surface area contributed by atoms with Crippen LogP contribution in [0.1, 0.15) is 32.1 Å². The Morgan fingerprint density at radius 1 is 1.29 bits per heavy atom. The van der Waals surface area contributed by atoms with Crippen molar-refractivity contribution >= 4 is 11.9 Å². The van der Waals surface area contributed by atoms with Gasteiger partial charge in [0.1, 0.15) is 0 Å². The number of carboxylic acids is 1. The predicted molar refractivity (Wildman–Crippen MR) is 64.6 cm³/mol. The highest BCUT2D eigenvalue weighted by Gasteiger charge is 2.30. The fraction of sp³-hybridized carbons (Fsp3) is 0.833. The summed E-state index contributed by atoms with van der Waals surface area (Å²) in [6.07, 6.45) is 4.15. The Morgan fingerprint density at radius 3 is 2.65 bits per heavy atom. The molecule has 0 aromatic carbocycles. The molecular weight excluding hydrogens is 220 g/mol. The Labute approximate surface area is 102 Å². The number of hydrogen-bond donors (Lipinski definition) is 3. The second-order valence-electron chi connectivity index (χ2n) is 4.65. The summed E-state index contributed by atoms with van der Waals surface area (Å²) >= 11 is 0. The smallest absolute Gasteiger partial charge is 0.306 e. The van der Waals surface area contributed by atoms with Gasteiger partial charge in [0.25, 0.3) is 0 Å². The Bertz CT molecular complexity index is 268. The summed E-state index contributed by atoms with van der Waals surface area (Å²) in [7, 11) is 1.80. The van der Waals surface area contributed by atoms with Crippen molar-refractivity contribution in [1.29, 1.82) is 0 Å². The molecule has 0 aromatic rings. The van der Waals surface area contributed by atoms with Gasteiger partial charge >= 0.3 is 5.97 Å². The molecule has 1 aliphatic rings. The predicted octanol–water partition coefficient (Wildman–Crippen LogP) is 0.603. The van der Waals surface area contributed by atoms with Crippen molar-refractivity contribution in [3.63, 3.8) is 0 Å². The molecule has 1 amide bonds. The first-order valence-corrected chi connectivity index (χ1v) is 6.29. The van der Waals surface area contributed by atoms with Crippen molar-refractivity contribution in [1.82, 2.24) is 10.6 Å². The molecule has 98 valence electrons. The van der Waals surface area contributed by atoms with Gasteiger partial charge in [-0.15, -0.1) is 0 Å². The Kier molecular flexibility index (Phi) is 5.97. The van der Waals surface area contributed by atoms with E-state index in [2.05, 4.69) is 10.6 Å². The van der Waals surface area contributed by atoms with E-state index in [4.69, 9.17) is 5.11 Å². The lowest BCUT2D eigenvalue weighted by Crippen LogP contribution is -2.37. The van der Waals surface area contributed by atoms with E-state index in [0.717, 1.165) is 25.7 Å². The van der Waals surface area contributed by atoms with E-state index >= 15 is 0 Å². The molecule has 1 aliphatic carbocycles. The summed E-state index contributed by atoms with van der Waals surface area (Å²) in [6.45, 7) is 1.15. The minimum atomic E-state index is -0.723. The molecule has 0 saturated heterocycles. The first-order chi connectivity index (χ1) is 8.15. The van der Waals surface area contributed by atoms with Crippen molar-refractivity contribution in [2.75, 3.05) is 20.1 Å². The quantitative estimate of drug-likeness (QED) is 0.637. The zero-order chi connectivity index (χ0) is 12.7. The monoisotopic (exact) mass is 242 g/mol. The van der Waals surface area contributed by atoms with Crippen molar-refractivity contribution in [2.45, 2.75) is 32.1 Å². The van der Waals surface area contributed by atoms with E-state index < -0.39 is 5.97 Å². The second-order valence-corrected chi connectivity index (χ2v) is 4.65. The van der Waals surface area contributed by atoms with Crippen LogP contribution in [0.15, 0.2) is 0 Å². The number of aliphatic carboxylic acids is 1. The third-order valence-corrected chi connectivity index (χ3v) is 3.39. The van der Waals surface area contributed by atoms with Gasteiger partial charge in [-0.2, -0.15) is 0 Å². The lowest BCUT2D eigenvalue weighted by atomic mass is 9.79. The van der Waals surface area contributed by atoms with Crippen LogP contribution < -0.4 is 10.6 Å². The molecule has 0 bridgehead atoms. The molecule has 3 N–H and O–H groups in total. The molecule has 5 nitrogen and oxygen atoms in total. The van der Waals surface area contributed by atoms with Gasteiger partial charge in [0.05, 0.1) is 5.92 Å². The number of rotatable bonds is 6. The van der Waals surface area contributed by atoms with Crippen LogP contribution in [-0.4, -0.2) is 37.1 Å². The summed E-state index contributed by atoms with van der Waals surface area (Å²) in [6, 6.07) is 0. The van der Waals surface area contributed by atoms with Gasteiger partial charge in [-0.05, 0) is 25.8 Å². The van der Waals surface area contributed by atoms with Crippen molar-refractivity contribution in [2.24, 2.45) is 11.8 Å². The zero-order valence-electron chi connectivity index (χ0n) is 10.4. The first kappa shape index (κ1) is 14.0. The summed E-state index contributed by atoms with van der Waals surface area (Å²) in [4.78, 5) is 22.5. The molecule has 1 rings (SSSR count). The number of nitrogens with one attached hydrogen (secondary N) is 2. The summed E-state index contributed by atoms with van der Waals surface area (Å²) in [5, 5.41) is 14.8. The number of carboxylic acid groups (broad SMARTS) is 1. The van der Waals surface area contributed by atoms with Crippen LogP contribution in [0.2, 0.25) is 0 Å². The Hall–Kier alpha value is -1.10. The van der Waals surface area contributed by atoms with Gasteiger partial charge in [0, 0.05) is 19.5 Å². The van der Waals surface area contributed by atoms with E-state index in [1.165, 1.54) is 0 Å². The maximum absolute atomic E-state index is 11.4. The highest BCUT2D eigenvalue weighted by atomic mass is 16.4. The van der Waals surface area contributed by atoms with E-state index in [0.29, 0.717) is 19.5 Å². The van der Waals surface area contributed by atoms with Crippen molar-refractivity contribution < 1.29 is 14.7 Å². The molecule has 2 atom stereocenters. The van der Waals surface area contributed by atoms with Gasteiger partial charge < -0.3 is 15.7 Å². The van der Waals surface area contributed by atoms with Crippen LogP contribution in [0.25, 0.3) is 0 Å². The normalized spacial score (nSPS) is 24.3. The van der Waals surface area contributed by atoms with Crippen molar-refractivity contribution in [3.05, 3.63) is 0 Å². The average molecular weight is 242 g/mol. The number of carbonyl (C=O) groups excluding carboxylic acids is 1. The minimum absolute atomic E-state index is 0.00550. The topological polar surface area (TPSA) is 78.4 Å². The Morgan fingerprint density at radius 2 is 2.00 bits per heavy atom. The summed E-state index contributed by atoms with van der Waals surface area (Å²) < 4.78 is 0. The molecule has 17 heavy (non-hydrogen) atoms. The summed E-state index contributed by atoms with van der Waals surface area (Å²) in [5.74, 6) is -0.915. The van der Waals surface area contributed by atoms with Crippen LogP contribution in [-0.2, 0) is 9.59 Å². The number of hydrogen-bond acceptors (Lipinski definition) is 3. The third-order valence-electron chi connectivity index (χ3n) is 3.39. The Balaban J connectivity index is 2.32. The minimum Gasteiger partial charge on any atom is -0.481 e. The van der Waals surface area contributed by atoms with Crippen LogP contribution in [0.3, 0.4) is 0 Å². The third kappa shape index (κ3) is 4.73. The largest absolute Gasteiger partial charge is 0.481 e. The van der Waals surface area contributed by atoms with E-state index in [-0.39, 0.29) is 17.7 Å². The highest BCUT2D eigenvalue weighted by molar-refractivity contribution is 5.76. The van der Waals surface area contributed by atoms with Crippen LogP contribution in [0, 0.1) is 11.8 Å². The maximum atomic E-state index is 11.4. The molecule has 0 heterocycles. The molecule has 0 spiro atoms. The lowest BCUT2D eigenvalue weighted by molar-refractivity contribution is -0.145. The number of carbonyl (C=O) groups is 2. The molecule has 1 saturated carbocycles. The fourth-order valence-corrected chi connectivity index (χ4v) is 2.35. The van der Waals surface area contributed by atoms with Gasteiger partial charge in [-0.1, -0.05) is 12.8 Å². The first-order valence-electron chi connectivity index (χ1n) is 6.29. The molecule has 2 unspecified atom stereocenters. The average Bonchev–Trinajstić information content (AvgIpc) is 2.34. The second kappa shape index (κ2) is 7.27. The SMILES string of the molecule is CNCCC(=O)NCC1CCCCC1C(=O)O. The van der Waals surface area contributed by atoms with Crippen LogP contribution in [0.5, 0.6) is 0 Å². The molecule has 0 radical (unpaired) electrons. The van der Waals surface area contributed by atoms with Crippen LogP contribution in [0.4, 0.5) is 0 Å². The highest BCUT2D eigenvalue weighted by Crippen LogP contribution is 2.29. The molecule has 1 fully saturated rings. The molecule has 0 aliphatic heterocycles. The fourth-order valence-electron chi connectivity index (χ4n) is 2.35. The molecule has 5 heteroatoms. The van der Waals surface area contributed by atoms with Crippen molar-refractivity contribution in [3.8, 4) is 0 Å². The van der Waals surface area contributed by atoms with E-state index in [1.54, 1.807) is 7.05 Å². The lowest BCUT2D eigenvalue weighted by Gasteiger charge is -2.28. The summed E-state index contributed by atoms with van der Waals surface area (Å²) in [5.41, 5.74) is 0. The molecule has 0 aromatic heterocycles. The van der Waals surface area contributed by atoms with Crippen LogP contribution >= 0.6 is 0 Å². The number of amides is 1. The van der Waals surface area contributed by atoms with Gasteiger partial charge in [0.15, 0.2) is 0 Å².